The van der Waals surface area contributed by atoms with E-state index in [1.54, 1.807) is 46.8 Å². The van der Waals surface area contributed by atoms with Crippen LogP contribution in [0.5, 0.6) is 0 Å². The van der Waals surface area contributed by atoms with E-state index >= 15 is 0 Å². The molecule has 1 aliphatic rings. The quantitative estimate of drug-likeness (QED) is 0.794. The first-order valence-corrected chi connectivity index (χ1v) is 9.73. The average Bonchev–Trinajstić information content (AvgIpc) is 3.09. The molecule has 1 fully saturated rings. The van der Waals surface area contributed by atoms with Gasteiger partial charge in [0.25, 0.3) is 5.91 Å². The van der Waals surface area contributed by atoms with E-state index in [9.17, 15) is 9.59 Å². The van der Waals surface area contributed by atoms with E-state index in [0.29, 0.717) is 39.1 Å². The highest BCUT2D eigenvalue weighted by molar-refractivity contribution is 7.99. The first-order chi connectivity index (χ1) is 11.9. The van der Waals surface area contributed by atoms with Crippen molar-refractivity contribution in [2.75, 3.05) is 25.2 Å². The zero-order valence-corrected chi connectivity index (χ0v) is 16.2. The molecule has 0 radical (unpaired) electrons. The SMILES string of the molecule is CCN(C)C(=O)C1CSCN1C(=O)c1cc(Cl)c2cc(Cl)ccc2n1. The van der Waals surface area contributed by atoms with E-state index in [4.69, 9.17) is 23.2 Å². The molecule has 2 aromatic rings. The number of benzene rings is 1. The minimum Gasteiger partial charge on any atom is -0.344 e. The highest BCUT2D eigenvalue weighted by Gasteiger charge is 2.37. The topological polar surface area (TPSA) is 53.5 Å². The zero-order chi connectivity index (χ0) is 18.1. The molecule has 1 aromatic heterocycles. The van der Waals surface area contributed by atoms with Crippen LogP contribution in [0.25, 0.3) is 10.9 Å². The monoisotopic (exact) mass is 397 g/mol. The number of nitrogens with zero attached hydrogens (tertiary/aromatic N) is 3. The number of pyridine rings is 1. The number of halogens is 2. The standard InChI is InChI=1S/C17H17Cl2N3O2S/c1-3-21(2)17(24)15-8-25-9-22(15)16(23)14-7-12(19)11-6-10(18)4-5-13(11)20-14/h4-7,15H,3,8-9H2,1-2H3. The van der Waals surface area contributed by atoms with E-state index in [1.807, 2.05) is 6.92 Å². The van der Waals surface area contributed by atoms with Gasteiger partial charge in [-0.15, -0.1) is 11.8 Å². The molecular weight excluding hydrogens is 381 g/mol. The van der Waals surface area contributed by atoms with Crippen LogP contribution >= 0.6 is 35.0 Å². The first-order valence-electron chi connectivity index (χ1n) is 7.82. The van der Waals surface area contributed by atoms with Crippen molar-refractivity contribution in [1.82, 2.24) is 14.8 Å². The molecule has 0 N–H and O–H groups in total. The molecule has 0 bridgehead atoms. The number of likely N-dealkylation sites (N-methyl/N-ethyl adjacent to an activating group) is 1. The second-order valence-electron chi connectivity index (χ2n) is 5.79. The van der Waals surface area contributed by atoms with Crippen LogP contribution in [-0.4, -0.2) is 57.9 Å². The van der Waals surface area contributed by atoms with Gasteiger partial charge in [-0.3, -0.25) is 9.59 Å². The third-order valence-corrected chi connectivity index (χ3v) is 5.78. The maximum atomic E-state index is 12.9. The first kappa shape index (κ1) is 18.3. The van der Waals surface area contributed by atoms with Gasteiger partial charge in [-0.1, -0.05) is 23.2 Å². The fraction of sp³-hybridized carbons (Fsp3) is 0.353. The number of aromatic nitrogens is 1. The van der Waals surface area contributed by atoms with Crippen molar-refractivity contribution in [3.63, 3.8) is 0 Å². The van der Waals surface area contributed by atoms with Gasteiger partial charge >= 0.3 is 0 Å². The van der Waals surface area contributed by atoms with Crippen molar-refractivity contribution in [2.45, 2.75) is 13.0 Å². The molecule has 1 saturated heterocycles. The van der Waals surface area contributed by atoms with E-state index in [1.165, 1.54) is 6.07 Å². The second kappa shape index (κ2) is 7.40. The molecule has 5 nitrogen and oxygen atoms in total. The van der Waals surface area contributed by atoms with Crippen LogP contribution in [0.15, 0.2) is 24.3 Å². The fourth-order valence-corrected chi connectivity index (χ4v) is 4.24. The van der Waals surface area contributed by atoms with Gasteiger partial charge in [0.15, 0.2) is 0 Å². The smallest absolute Gasteiger partial charge is 0.273 e. The lowest BCUT2D eigenvalue weighted by atomic mass is 10.1. The van der Waals surface area contributed by atoms with Gasteiger partial charge in [0, 0.05) is 29.8 Å². The Labute approximate surface area is 160 Å². The fourth-order valence-electron chi connectivity index (χ4n) is 2.67. The van der Waals surface area contributed by atoms with Crippen LogP contribution < -0.4 is 0 Å². The van der Waals surface area contributed by atoms with E-state index < -0.39 is 6.04 Å². The van der Waals surface area contributed by atoms with Crippen molar-refractivity contribution < 1.29 is 9.59 Å². The molecule has 0 aliphatic carbocycles. The van der Waals surface area contributed by atoms with Gasteiger partial charge in [-0.05, 0) is 31.2 Å². The van der Waals surface area contributed by atoms with Crippen LogP contribution in [0.2, 0.25) is 10.0 Å². The molecule has 8 heteroatoms. The van der Waals surface area contributed by atoms with Gasteiger partial charge in [0.1, 0.15) is 11.7 Å². The number of carbonyl (C=O) groups is 2. The summed E-state index contributed by atoms with van der Waals surface area (Å²) in [5.74, 6) is 0.711. The molecule has 1 unspecified atom stereocenters. The molecular formula is C17H17Cl2N3O2S. The minimum atomic E-state index is -0.469. The molecule has 1 aromatic carbocycles. The Kier molecular flexibility index (Phi) is 5.41. The maximum Gasteiger partial charge on any atom is 0.273 e. The molecule has 2 heterocycles. The van der Waals surface area contributed by atoms with Crippen molar-refractivity contribution in [2.24, 2.45) is 0 Å². The molecule has 1 atom stereocenters. The molecule has 2 amide bonds. The highest BCUT2D eigenvalue weighted by Crippen LogP contribution is 2.29. The number of rotatable bonds is 3. The van der Waals surface area contributed by atoms with Gasteiger partial charge in [-0.2, -0.15) is 0 Å². The number of hydrogen-bond donors (Lipinski definition) is 0. The Morgan fingerprint density at radius 3 is 2.84 bits per heavy atom. The average molecular weight is 398 g/mol. The predicted molar refractivity (Wildman–Crippen MR) is 102 cm³/mol. The Hall–Kier alpha value is -1.50. The Bertz CT molecular complexity index is 846. The van der Waals surface area contributed by atoms with Crippen molar-refractivity contribution in [1.29, 1.82) is 0 Å². The van der Waals surface area contributed by atoms with E-state index in [2.05, 4.69) is 4.98 Å². The summed E-state index contributed by atoms with van der Waals surface area (Å²) in [6.07, 6.45) is 0. The number of carbonyl (C=O) groups excluding carboxylic acids is 2. The van der Waals surface area contributed by atoms with Crippen molar-refractivity contribution in [3.05, 3.63) is 40.0 Å². The number of hydrogen-bond acceptors (Lipinski definition) is 4. The van der Waals surface area contributed by atoms with Gasteiger partial charge in [0.2, 0.25) is 5.91 Å². The summed E-state index contributed by atoms with van der Waals surface area (Å²) >= 11 is 13.9. The Balaban J connectivity index is 1.93. The Morgan fingerprint density at radius 2 is 2.12 bits per heavy atom. The molecule has 3 rings (SSSR count). The molecule has 1 aliphatic heterocycles. The number of fused-ring (bicyclic) bond motifs is 1. The van der Waals surface area contributed by atoms with Gasteiger partial charge < -0.3 is 9.80 Å². The van der Waals surface area contributed by atoms with Crippen LogP contribution in [0.3, 0.4) is 0 Å². The maximum absolute atomic E-state index is 12.9. The minimum absolute atomic E-state index is 0.0560. The summed E-state index contributed by atoms with van der Waals surface area (Å²) in [5.41, 5.74) is 0.833. The molecule has 25 heavy (non-hydrogen) atoms. The van der Waals surface area contributed by atoms with Crippen molar-refractivity contribution in [3.8, 4) is 0 Å². The Morgan fingerprint density at radius 1 is 1.36 bits per heavy atom. The van der Waals surface area contributed by atoms with Gasteiger partial charge in [0.05, 0.1) is 16.4 Å². The second-order valence-corrected chi connectivity index (χ2v) is 7.64. The number of amides is 2. The number of thioether (sulfide) groups is 1. The summed E-state index contributed by atoms with van der Waals surface area (Å²) in [5, 5.41) is 1.66. The lowest BCUT2D eigenvalue weighted by molar-refractivity contribution is -0.133. The molecule has 0 saturated carbocycles. The lowest BCUT2D eigenvalue weighted by Crippen LogP contribution is -2.47. The van der Waals surface area contributed by atoms with E-state index in [0.717, 1.165) is 0 Å². The van der Waals surface area contributed by atoms with Crippen LogP contribution in [0, 0.1) is 0 Å². The summed E-state index contributed by atoms with van der Waals surface area (Å²) in [6, 6.07) is 6.22. The highest BCUT2D eigenvalue weighted by atomic mass is 35.5. The lowest BCUT2D eigenvalue weighted by Gasteiger charge is -2.26. The van der Waals surface area contributed by atoms with Crippen LogP contribution in [-0.2, 0) is 4.79 Å². The third-order valence-electron chi connectivity index (χ3n) is 4.22. The normalized spacial score (nSPS) is 17.1. The third kappa shape index (κ3) is 3.57. The van der Waals surface area contributed by atoms with Crippen LogP contribution in [0.4, 0.5) is 0 Å². The van der Waals surface area contributed by atoms with Gasteiger partial charge in [-0.25, -0.2) is 4.98 Å². The molecule has 0 spiro atoms. The van der Waals surface area contributed by atoms with E-state index in [-0.39, 0.29) is 17.5 Å². The summed E-state index contributed by atoms with van der Waals surface area (Å²) in [7, 11) is 1.74. The zero-order valence-electron chi connectivity index (χ0n) is 13.8. The summed E-state index contributed by atoms with van der Waals surface area (Å²) < 4.78 is 0. The predicted octanol–water partition coefficient (Wildman–Crippen LogP) is 3.54. The van der Waals surface area contributed by atoms with Crippen LogP contribution in [0.1, 0.15) is 17.4 Å². The summed E-state index contributed by atoms with van der Waals surface area (Å²) in [6.45, 7) is 2.50. The summed E-state index contributed by atoms with van der Waals surface area (Å²) in [4.78, 5) is 33.0. The van der Waals surface area contributed by atoms with Crippen molar-refractivity contribution >= 4 is 57.7 Å². The molecule has 132 valence electrons. The largest absolute Gasteiger partial charge is 0.344 e.